The van der Waals surface area contributed by atoms with Crippen LogP contribution in [0.1, 0.15) is 11.3 Å². The first-order valence-corrected chi connectivity index (χ1v) is 4.80. The Balaban J connectivity index is 2.94. The molecule has 0 unspecified atom stereocenters. The zero-order valence-corrected chi connectivity index (χ0v) is 9.32. The van der Waals surface area contributed by atoms with Gasteiger partial charge in [-0.2, -0.15) is 0 Å². The lowest BCUT2D eigenvalue weighted by Crippen LogP contribution is -2.11. The lowest BCUT2D eigenvalue weighted by atomic mass is 10.3. The van der Waals surface area contributed by atoms with E-state index in [4.69, 9.17) is 11.6 Å². The molecule has 1 aromatic heterocycles. The molecule has 13 heavy (non-hydrogen) atoms. The van der Waals surface area contributed by atoms with E-state index in [9.17, 15) is 4.79 Å². The van der Waals surface area contributed by atoms with Gasteiger partial charge in [0.05, 0.1) is 12.2 Å². The van der Waals surface area contributed by atoms with Crippen LogP contribution in [-0.2, 0) is 11.3 Å². The van der Waals surface area contributed by atoms with Crippen molar-refractivity contribution in [3.63, 3.8) is 0 Å². The molecule has 0 spiro atoms. The van der Waals surface area contributed by atoms with Crippen LogP contribution in [0.5, 0.6) is 0 Å². The maximum absolute atomic E-state index is 10.1. The maximum Gasteiger partial charge on any atom is 0.207 e. The Morgan fingerprint density at radius 3 is 3.08 bits per heavy atom. The normalized spacial score (nSPS) is 9.77. The van der Waals surface area contributed by atoms with Gasteiger partial charge in [-0.15, -0.1) is 0 Å². The van der Waals surface area contributed by atoms with Crippen LogP contribution in [0.3, 0.4) is 0 Å². The molecule has 0 aliphatic carbocycles. The van der Waals surface area contributed by atoms with E-state index < -0.39 is 0 Å². The molecule has 0 radical (unpaired) electrons. The average molecular weight is 264 g/mol. The molecular weight excluding hydrogens is 255 g/mol. The Kier molecular flexibility index (Phi) is 3.69. The molecule has 70 valence electrons. The van der Waals surface area contributed by atoms with Crippen molar-refractivity contribution in [1.82, 2.24) is 10.3 Å². The minimum absolute atomic E-state index is 0.379. The van der Waals surface area contributed by atoms with Gasteiger partial charge in [0.2, 0.25) is 6.41 Å². The first-order valence-electron chi connectivity index (χ1n) is 3.63. The summed E-state index contributed by atoms with van der Waals surface area (Å²) in [5.41, 5.74) is 1.63. The fourth-order valence-electron chi connectivity index (χ4n) is 0.855. The van der Waals surface area contributed by atoms with E-state index in [1.165, 1.54) is 0 Å². The molecule has 1 amide bonds. The SMILES string of the molecule is Cc1cc(Br)c(CNC=O)nc1Cl. The third-order valence-electron chi connectivity index (χ3n) is 1.53. The van der Waals surface area contributed by atoms with Crippen LogP contribution in [0.25, 0.3) is 0 Å². The zero-order chi connectivity index (χ0) is 9.84. The number of rotatable bonds is 3. The Labute approximate surface area is 89.6 Å². The number of carbonyl (C=O) groups is 1. The van der Waals surface area contributed by atoms with Gasteiger partial charge in [-0.1, -0.05) is 11.6 Å². The Morgan fingerprint density at radius 2 is 2.46 bits per heavy atom. The molecule has 5 heteroatoms. The van der Waals surface area contributed by atoms with E-state index >= 15 is 0 Å². The Morgan fingerprint density at radius 1 is 1.77 bits per heavy atom. The third kappa shape index (κ3) is 2.67. The van der Waals surface area contributed by atoms with Crippen molar-refractivity contribution in [2.75, 3.05) is 0 Å². The van der Waals surface area contributed by atoms with Crippen LogP contribution in [0.2, 0.25) is 5.15 Å². The molecule has 0 atom stereocenters. The van der Waals surface area contributed by atoms with E-state index in [1.807, 2.05) is 13.0 Å². The number of aromatic nitrogens is 1. The van der Waals surface area contributed by atoms with Crippen molar-refractivity contribution in [3.8, 4) is 0 Å². The second-order valence-corrected chi connectivity index (χ2v) is 3.74. The maximum atomic E-state index is 10.1. The van der Waals surface area contributed by atoms with Gasteiger partial charge in [0.1, 0.15) is 5.15 Å². The Hall–Kier alpha value is -0.610. The van der Waals surface area contributed by atoms with Gasteiger partial charge in [-0.25, -0.2) is 4.98 Å². The van der Waals surface area contributed by atoms with Crippen LogP contribution in [0, 0.1) is 6.92 Å². The van der Waals surface area contributed by atoms with Crippen LogP contribution in [-0.4, -0.2) is 11.4 Å². The van der Waals surface area contributed by atoms with E-state index in [1.54, 1.807) is 0 Å². The summed E-state index contributed by atoms with van der Waals surface area (Å²) in [4.78, 5) is 14.2. The fourth-order valence-corrected chi connectivity index (χ4v) is 1.58. The molecule has 0 bridgehead atoms. The van der Waals surface area contributed by atoms with Crippen molar-refractivity contribution in [2.24, 2.45) is 0 Å². The number of halogens is 2. The summed E-state index contributed by atoms with van der Waals surface area (Å²) in [5, 5.41) is 2.98. The molecule has 1 aromatic rings. The van der Waals surface area contributed by atoms with Gasteiger partial charge in [0.15, 0.2) is 0 Å². The summed E-state index contributed by atoms with van der Waals surface area (Å²) < 4.78 is 0.851. The monoisotopic (exact) mass is 262 g/mol. The number of pyridine rings is 1. The highest BCUT2D eigenvalue weighted by Crippen LogP contribution is 2.21. The van der Waals surface area contributed by atoms with E-state index in [0.717, 1.165) is 15.7 Å². The number of nitrogens with zero attached hydrogens (tertiary/aromatic N) is 1. The second kappa shape index (κ2) is 4.58. The molecule has 3 nitrogen and oxygen atoms in total. The van der Waals surface area contributed by atoms with Crippen molar-refractivity contribution in [3.05, 3.63) is 26.9 Å². The van der Waals surface area contributed by atoms with Gasteiger partial charge in [0, 0.05) is 4.47 Å². The number of carbonyl (C=O) groups excluding carboxylic acids is 1. The van der Waals surface area contributed by atoms with Crippen molar-refractivity contribution in [2.45, 2.75) is 13.5 Å². The lowest BCUT2D eigenvalue weighted by molar-refractivity contribution is -0.109. The topological polar surface area (TPSA) is 42.0 Å². The third-order valence-corrected chi connectivity index (χ3v) is 2.60. The largest absolute Gasteiger partial charge is 0.353 e. The van der Waals surface area contributed by atoms with Gasteiger partial charge in [0.25, 0.3) is 0 Å². The molecule has 1 rings (SSSR count). The standard InChI is InChI=1S/C8H8BrClN2O/c1-5-2-6(9)7(3-11-4-13)12-8(5)10/h2,4H,3H2,1H3,(H,11,13). The second-order valence-electron chi connectivity index (χ2n) is 2.52. The van der Waals surface area contributed by atoms with Gasteiger partial charge >= 0.3 is 0 Å². The average Bonchev–Trinajstić information content (AvgIpc) is 2.09. The fraction of sp³-hybridized carbons (Fsp3) is 0.250. The van der Waals surface area contributed by atoms with Gasteiger partial charge in [-0.05, 0) is 34.5 Å². The lowest BCUT2D eigenvalue weighted by Gasteiger charge is -2.05. The highest BCUT2D eigenvalue weighted by atomic mass is 79.9. The first-order chi connectivity index (χ1) is 6.15. The molecule has 0 aromatic carbocycles. The summed E-state index contributed by atoms with van der Waals surface area (Å²) in [6.45, 7) is 2.25. The van der Waals surface area contributed by atoms with Crippen molar-refractivity contribution in [1.29, 1.82) is 0 Å². The summed E-state index contributed by atoms with van der Waals surface area (Å²) in [7, 11) is 0. The van der Waals surface area contributed by atoms with Crippen LogP contribution in [0.4, 0.5) is 0 Å². The van der Waals surface area contributed by atoms with E-state index in [2.05, 4.69) is 26.2 Å². The van der Waals surface area contributed by atoms with Crippen LogP contribution < -0.4 is 5.32 Å². The minimum Gasteiger partial charge on any atom is -0.353 e. The highest BCUT2D eigenvalue weighted by molar-refractivity contribution is 9.10. The molecule has 0 aliphatic rings. The number of amides is 1. The molecule has 0 saturated carbocycles. The molecule has 0 saturated heterocycles. The summed E-state index contributed by atoms with van der Waals surface area (Å²) in [6, 6.07) is 1.87. The van der Waals surface area contributed by atoms with Crippen LogP contribution >= 0.6 is 27.5 Å². The predicted octanol–water partition coefficient (Wildman–Crippen LogP) is 2.05. The predicted molar refractivity (Wildman–Crippen MR) is 54.6 cm³/mol. The molecule has 0 fully saturated rings. The molecule has 0 aliphatic heterocycles. The van der Waals surface area contributed by atoms with Gasteiger partial charge in [-0.3, -0.25) is 4.79 Å². The number of hydrogen-bond donors (Lipinski definition) is 1. The smallest absolute Gasteiger partial charge is 0.207 e. The Bertz CT molecular complexity index is 330. The van der Waals surface area contributed by atoms with E-state index in [-0.39, 0.29) is 0 Å². The zero-order valence-electron chi connectivity index (χ0n) is 6.97. The summed E-state index contributed by atoms with van der Waals surface area (Å²) in [5.74, 6) is 0. The molecule has 1 heterocycles. The van der Waals surface area contributed by atoms with E-state index in [0.29, 0.717) is 18.1 Å². The van der Waals surface area contributed by atoms with Gasteiger partial charge < -0.3 is 5.32 Å². The van der Waals surface area contributed by atoms with Crippen molar-refractivity contribution < 1.29 is 4.79 Å². The highest BCUT2D eigenvalue weighted by Gasteiger charge is 2.04. The molecular formula is C8H8BrClN2O. The minimum atomic E-state index is 0.379. The quantitative estimate of drug-likeness (QED) is 0.670. The molecule has 1 N–H and O–H groups in total. The van der Waals surface area contributed by atoms with Crippen molar-refractivity contribution >= 4 is 33.9 Å². The van der Waals surface area contributed by atoms with Crippen LogP contribution in [0.15, 0.2) is 10.5 Å². The summed E-state index contributed by atoms with van der Waals surface area (Å²) >= 11 is 9.15. The first kappa shape index (κ1) is 10.5. The summed E-state index contributed by atoms with van der Waals surface area (Å²) in [6.07, 6.45) is 0.627. The number of hydrogen-bond acceptors (Lipinski definition) is 2. The number of aryl methyl sites for hydroxylation is 1. The number of nitrogens with one attached hydrogen (secondary N) is 1.